The molecule has 2 aliphatic rings. The Morgan fingerprint density at radius 1 is 1.45 bits per heavy atom. The fourth-order valence-electron chi connectivity index (χ4n) is 2.18. The van der Waals surface area contributed by atoms with Gasteiger partial charge in [0.15, 0.2) is 0 Å². The first-order chi connectivity index (χ1) is 5.35. The highest BCUT2D eigenvalue weighted by Gasteiger charge is 2.42. The molecule has 62 valence electrons. The number of hydrogen-bond acceptors (Lipinski definition) is 3. The van der Waals surface area contributed by atoms with E-state index in [0.717, 1.165) is 26.1 Å². The minimum absolute atomic E-state index is 0.299. The standard InChI is InChI=1S/C8H14N2O/c9-10-7-2-1-3-8(4-7)5-11-6-8/h7,9H,1-6H2. The van der Waals surface area contributed by atoms with Gasteiger partial charge in [0.2, 0.25) is 0 Å². The van der Waals surface area contributed by atoms with Crippen LogP contribution in [0.15, 0.2) is 5.11 Å². The molecule has 2 fully saturated rings. The summed E-state index contributed by atoms with van der Waals surface area (Å²) in [6.07, 6.45) is 4.73. The van der Waals surface area contributed by atoms with Gasteiger partial charge in [-0.25, -0.2) is 5.53 Å². The maximum Gasteiger partial charge on any atom is 0.0712 e. The van der Waals surface area contributed by atoms with Crippen LogP contribution in [0.3, 0.4) is 0 Å². The van der Waals surface area contributed by atoms with Crippen molar-refractivity contribution in [3.8, 4) is 0 Å². The van der Waals surface area contributed by atoms with Crippen LogP contribution in [-0.4, -0.2) is 19.3 Å². The molecule has 11 heavy (non-hydrogen) atoms. The van der Waals surface area contributed by atoms with Gasteiger partial charge in [-0.15, -0.1) is 0 Å². The molecule has 3 nitrogen and oxygen atoms in total. The Balaban J connectivity index is 1.97. The highest BCUT2D eigenvalue weighted by atomic mass is 16.5. The molecule has 0 aromatic carbocycles. The topological polar surface area (TPSA) is 45.4 Å². The largest absolute Gasteiger partial charge is 0.380 e. The van der Waals surface area contributed by atoms with Gasteiger partial charge >= 0.3 is 0 Å². The Kier molecular flexibility index (Phi) is 1.68. The zero-order chi connectivity index (χ0) is 7.73. The van der Waals surface area contributed by atoms with Gasteiger partial charge in [-0.05, 0) is 19.3 Å². The summed E-state index contributed by atoms with van der Waals surface area (Å²) in [4.78, 5) is 0. The molecule has 0 aromatic heterocycles. The average Bonchev–Trinajstić information content (AvgIpc) is 2.02. The Morgan fingerprint density at radius 2 is 2.27 bits per heavy atom. The number of nitrogens with one attached hydrogen (secondary N) is 1. The van der Waals surface area contributed by atoms with Crippen molar-refractivity contribution >= 4 is 0 Å². The van der Waals surface area contributed by atoms with Gasteiger partial charge < -0.3 is 4.74 Å². The Morgan fingerprint density at radius 3 is 2.82 bits per heavy atom. The summed E-state index contributed by atoms with van der Waals surface area (Å²) >= 11 is 0. The second kappa shape index (κ2) is 2.55. The van der Waals surface area contributed by atoms with Crippen LogP contribution in [-0.2, 0) is 4.74 Å². The van der Waals surface area contributed by atoms with Crippen molar-refractivity contribution in [3.05, 3.63) is 0 Å². The quantitative estimate of drug-likeness (QED) is 0.577. The summed E-state index contributed by atoms with van der Waals surface area (Å²) in [5, 5.41) is 3.62. The number of rotatable bonds is 1. The van der Waals surface area contributed by atoms with Crippen molar-refractivity contribution in [2.75, 3.05) is 13.2 Å². The van der Waals surface area contributed by atoms with Crippen molar-refractivity contribution in [2.24, 2.45) is 10.5 Å². The summed E-state index contributed by atoms with van der Waals surface area (Å²) < 4.78 is 5.21. The summed E-state index contributed by atoms with van der Waals surface area (Å²) in [6, 6.07) is 0.299. The first kappa shape index (κ1) is 7.22. The monoisotopic (exact) mass is 154 g/mol. The predicted molar refractivity (Wildman–Crippen MR) is 40.7 cm³/mol. The summed E-state index contributed by atoms with van der Waals surface area (Å²) in [6.45, 7) is 1.83. The van der Waals surface area contributed by atoms with Crippen LogP contribution in [0.5, 0.6) is 0 Å². The molecule has 1 unspecified atom stereocenters. The molecule has 2 rings (SSSR count). The lowest BCUT2D eigenvalue weighted by atomic mass is 9.71. The van der Waals surface area contributed by atoms with Crippen molar-refractivity contribution in [1.82, 2.24) is 0 Å². The van der Waals surface area contributed by atoms with Gasteiger partial charge in [-0.2, -0.15) is 5.11 Å². The van der Waals surface area contributed by atoms with Crippen LogP contribution < -0.4 is 0 Å². The molecule has 1 N–H and O–H groups in total. The first-order valence-electron chi connectivity index (χ1n) is 4.29. The maximum atomic E-state index is 6.96. The molecule has 0 aromatic rings. The number of hydrogen-bond donors (Lipinski definition) is 1. The van der Waals surface area contributed by atoms with Crippen molar-refractivity contribution < 1.29 is 4.74 Å². The van der Waals surface area contributed by atoms with Crippen LogP contribution in [0, 0.1) is 10.9 Å². The molecule has 1 saturated heterocycles. The van der Waals surface area contributed by atoms with E-state index in [-0.39, 0.29) is 0 Å². The van der Waals surface area contributed by atoms with Crippen molar-refractivity contribution in [1.29, 1.82) is 5.53 Å². The van der Waals surface area contributed by atoms with Gasteiger partial charge in [0, 0.05) is 5.41 Å². The van der Waals surface area contributed by atoms with Gasteiger partial charge in [-0.3, -0.25) is 0 Å². The SMILES string of the molecule is N=NC1CCCC2(COC2)C1. The minimum Gasteiger partial charge on any atom is -0.380 e. The number of nitrogens with zero attached hydrogens (tertiary/aromatic N) is 1. The summed E-state index contributed by atoms with van der Waals surface area (Å²) in [7, 11) is 0. The molecule has 0 bridgehead atoms. The van der Waals surface area contributed by atoms with Crippen molar-refractivity contribution in [2.45, 2.75) is 31.7 Å². The molecule has 3 heteroatoms. The molecule has 1 saturated carbocycles. The Hall–Kier alpha value is -0.440. The average molecular weight is 154 g/mol. The molecular weight excluding hydrogens is 140 g/mol. The van der Waals surface area contributed by atoms with Crippen LogP contribution in [0.4, 0.5) is 0 Å². The smallest absolute Gasteiger partial charge is 0.0712 e. The third-order valence-corrected chi connectivity index (χ3v) is 2.91. The van der Waals surface area contributed by atoms with E-state index in [0.29, 0.717) is 11.5 Å². The second-order valence-corrected chi connectivity index (χ2v) is 3.87. The zero-order valence-corrected chi connectivity index (χ0v) is 6.68. The Bertz CT molecular complexity index is 165. The maximum absolute atomic E-state index is 6.96. The highest BCUT2D eigenvalue weighted by molar-refractivity contribution is 4.92. The van der Waals surface area contributed by atoms with E-state index in [2.05, 4.69) is 5.11 Å². The molecule has 1 heterocycles. The second-order valence-electron chi connectivity index (χ2n) is 3.87. The van der Waals surface area contributed by atoms with E-state index < -0.39 is 0 Å². The van der Waals surface area contributed by atoms with Crippen LogP contribution >= 0.6 is 0 Å². The van der Waals surface area contributed by atoms with E-state index in [1.54, 1.807) is 0 Å². The fourth-order valence-corrected chi connectivity index (χ4v) is 2.18. The van der Waals surface area contributed by atoms with E-state index in [4.69, 9.17) is 10.3 Å². The fraction of sp³-hybridized carbons (Fsp3) is 1.00. The van der Waals surface area contributed by atoms with Gasteiger partial charge in [0.25, 0.3) is 0 Å². The zero-order valence-electron chi connectivity index (χ0n) is 6.68. The molecule has 0 radical (unpaired) electrons. The third-order valence-electron chi connectivity index (χ3n) is 2.91. The predicted octanol–water partition coefficient (Wildman–Crippen LogP) is 1.98. The third kappa shape index (κ3) is 1.18. The van der Waals surface area contributed by atoms with Gasteiger partial charge in [0.05, 0.1) is 19.3 Å². The molecular formula is C8H14N2O. The molecule has 0 amide bonds. The van der Waals surface area contributed by atoms with Crippen LogP contribution in [0.2, 0.25) is 0 Å². The molecule has 1 atom stereocenters. The van der Waals surface area contributed by atoms with E-state index in [9.17, 15) is 0 Å². The van der Waals surface area contributed by atoms with Crippen LogP contribution in [0.1, 0.15) is 25.7 Å². The lowest BCUT2D eigenvalue weighted by Gasteiger charge is -2.45. The van der Waals surface area contributed by atoms with E-state index >= 15 is 0 Å². The van der Waals surface area contributed by atoms with Crippen LogP contribution in [0.25, 0.3) is 0 Å². The lowest BCUT2D eigenvalue weighted by Crippen LogP contribution is -2.46. The molecule has 1 spiro atoms. The number of ether oxygens (including phenoxy) is 1. The van der Waals surface area contributed by atoms with Gasteiger partial charge in [-0.1, -0.05) is 6.42 Å². The molecule has 1 aliphatic heterocycles. The normalized spacial score (nSPS) is 34.7. The van der Waals surface area contributed by atoms with E-state index in [1.165, 1.54) is 12.8 Å². The van der Waals surface area contributed by atoms with E-state index in [1.807, 2.05) is 0 Å². The summed E-state index contributed by atoms with van der Waals surface area (Å²) in [5.41, 5.74) is 7.40. The van der Waals surface area contributed by atoms with Crippen molar-refractivity contribution in [3.63, 3.8) is 0 Å². The summed E-state index contributed by atoms with van der Waals surface area (Å²) in [5.74, 6) is 0. The Labute approximate surface area is 66.6 Å². The molecule has 1 aliphatic carbocycles. The highest BCUT2D eigenvalue weighted by Crippen LogP contribution is 2.42. The van der Waals surface area contributed by atoms with Gasteiger partial charge in [0.1, 0.15) is 0 Å². The lowest BCUT2D eigenvalue weighted by molar-refractivity contribution is -0.133. The first-order valence-corrected chi connectivity index (χ1v) is 4.29. The minimum atomic E-state index is 0.299.